The van der Waals surface area contributed by atoms with Crippen molar-refractivity contribution in [3.8, 4) is 0 Å². The molecule has 7 heteroatoms. The number of piperidine rings is 1. The van der Waals surface area contributed by atoms with Gasteiger partial charge in [-0.05, 0) is 30.5 Å². The van der Waals surface area contributed by atoms with Crippen LogP contribution in [0.15, 0.2) is 18.2 Å². The minimum Gasteiger partial charge on any atom is -0.385 e. The van der Waals surface area contributed by atoms with Crippen LogP contribution >= 0.6 is 11.6 Å². The van der Waals surface area contributed by atoms with E-state index in [-0.39, 0.29) is 10.6 Å². The molecule has 0 saturated carbocycles. The van der Waals surface area contributed by atoms with Crippen molar-refractivity contribution in [3.63, 3.8) is 0 Å². The van der Waals surface area contributed by atoms with Crippen LogP contribution in [0.4, 0.5) is 13.2 Å². The second kappa shape index (κ2) is 6.74. The Hall–Kier alpha value is -0.820. The van der Waals surface area contributed by atoms with E-state index in [1.54, 1.807) is 7.11 Å². The topological polar surface area (TPSA) is 32.7 Å². The lowest BCUT2D eigenvalue weighted by atomic mass is 9.83. The van der Waals surface area contributed by atoms with Crippen LogP contribution in [0.5, 0.6) is 0 Å². The molecule has 0 atom stereocenters. The zero-order valence-corrected chi connectivity index (χ0v) is 13.0. The highest BCUT2D eigenvalue weighted by Gasteiger charge is 2.38. The summed E-state index contributed by atoms with van der Waals surface area (Å²) >= 11 is 5.62. The third-order valence-electron chi connectivity index (χ3n) is 4.10. The van der Waals surface area contributed by atoms with Gasteiger partial charge in [-0.3, -0.25) is 0 Å². The number of rotatable bonds is 4. The van der Waals surface area contributed by atoms with E-state index in [0.717, 1.165) is 12.6 Å². The molecule has 0 bridgehead atoms. The van der Waals surface area contributed by atoms with E-state index in [0.29, 0.717) is 32.5 Å². The number of ether oxygens (including phenoxy) is 1. The molecular weight excluding hydrogens is 319 g/mol. The van der Waals surface area contributed by atoms with Crippen LogP contribution in [0.2, 0.25) is 5.02 Å². The average molecular weight is 338 g/mol. The maximum atomic E-state index is 12.9. The highest BCUT2D eigenvalue weighted by atomic mass is 35.5. The predicted molar refractivity (Wildman–Crippen MR) is 77.9 cm³/mol. The molecule has 1 heterocycles. The third kappa shape index (κ3) is 3.93. The Kier molecular flexibility index (Phi) is 5.37. The molecule has 1 aromatic carbocycles. The van der Waals surface area contributed by atoms with E-state index in [1.807, 2.05) is 0 Å². The summed E-state index contributed by atoms with van der Waals surface area (Å²) in [4.78, 5) is 2.12. The Morgan fingerprint density at radius 3 is 2.50 bits per heavy atom. The van der Waals surface area contributed by atoms with Gasteiger partial charge in [0.2, 0.25) is 0 Å². The maximum absolute atomic E-state index is 12.9. The minimum absolute atomic E-state index is 0.274. The molecule has 1 aliphatic rings. The van der Waals surface area contributed by atoms with Crippen LogP contribution in [0.1, 0.15) is 24.0 Å². The van der Waals surface area contributed by atoms with Crippen molar-refractivity contribution in [2.75, 3.05) is 33.4 Å². The molecule has 3 nitrogen and oxygen atoms in total. The first-order chi connectivity index (χ1) is 10.3. The van der Waals surface area contributed by atoms with Gasteiger partial charge in [-0.25, -0.2) is 0 Å². The number of hydrogen-bond donors (Lipinski definition) is 1. The molecule has 1 aromatic rings. The molecule has 124 valence electrons. The molecular formula is C15H19ClF3NO2. The molecule has 1 N–H and O–H groups in total. The highest BCUT2D eigenvalue weighted by Crippen LogP contribution is 2.39. The van der Waals surface area contributed by atoms with Crippen LogP contribution in [-0.4, -0.2) is 43.4 Å². The van der Waals surface area contributed by atoms with Gasteiger partial charge in [0.05, 0.1) is 22.8 Å². The second-order valence-corrected chi connectivity index (χ2v) is 5.97. The predicted octanol–water partition coefficient (Wildman–Crippen LogP) is 3.29. The number of benzene rings is 1. The summed E-state index contributed by atoms with van der Waals surface area (Å²) in [5.41, 5.74) is -1.87. The Morgan fingerprint density at radius 2 is 1.95 bits per heavy atom. The summed E-state index contributed by atoms with van der Waals surface area (Å²) in [7, 11) is 1.62. The number of nitrogens with zero attached hydrogens (tertiary/aromatic N) is 1. The average Bonchev–Trinajstić information content (AvgIpc) is 2.46. The van der Waals surface area contributed by atoms with Crippen molar-refractivity contribution < 1.29 is 23.0 Å². The van der Waals surface area contributed by atoms with E-state index < -0.39 is 17.3 Å². The first-order valence-corrected chi connectivity index (χ1v) is 7.45. The van der Waals surface area contributed by atoms with Crippen molar-refractivity contribution in [2.45, 2.75) is 24.6 Å². The molecule has 0 spiro atoms. The Morgan fingerprint density at radius 1 is 1.32 bits per heavy atom. The number of methoxy groups -OCH3 is 1. The summed E-state index contributed by atoms with van der Waals surface area (Å²) < 4.78 is 43.8. The van der Waals surface area contributed by atoms with Gasteiger partial charge in [0.25, 0.3) is 0 Å². The van der Waals surface area contributed by atoms with Crippen molar-refractivity contribution in [2.24, 2.45) is 0 Å². The summed E-state index contributed by atoms with van der Waals surface area (Å²) in [6, 6.07) is 3.64. The molecule has 0 aliphatic carbocycles. The largest absolute Gasteiger partial charge is 0.417 e. The molecule has 1 fully saturated rings. The van der Waals surface area contributed by atoms with Crippen LogP contribution in [0.3, 0.4) is 0 Å². The summed E-state index contributed by atoms with van der Waals surface area (Å²) in [5.74, 6) is 0. The first-order valence-electron chi connectivity index (χ1n) is 7.07. The summed E-state index contributed by atoms with van der Waals surface area (Å²) in [5, 5.41) is 10.3. The van der Waals surface area contributed by atoms with E-state index in [4.69, 9.17) is 16.3 Å². The van der Waals surface area contributed by atoms with E-state index in [2.05, 4.69) is 4.90 Å². The minimum atomic E-state index is -4.53. The van der Waals surface area contributed by atoms with Crippen molar-refractivity contribution in [1.29, 1.82) is 0 Å². The monoisotopic (exact) mass is 337 g/mol. The van der Waals surface area contributed by atoms with E-state index in [9.17, 15) is 18.3 Å². The third-order valence-corrected chi connectivity index (χ3v) is 4.43. The Balaban J connectivity index is 2.15. The number of hydrogen-bond acceptors (Lipinski definition) is 3. The lowest BCUT2D eigenvalue weighted by Gasteiger charge is -2.38. The van der Waals surface area contributed by atoms with Crippen molar-refractivity contribution in [3.05, 3.63) is 34.3 Å². The standard InChI is InChI=1S/C15H19ClF3NO2/c1-22-9-8-20-6-4-14(21,5-7-20)11-2-3-13(16)12(10-11)15(17,18)19/h2-3,10,21H,4-9H2,1H3. The van der Waals surface area contributed by atoms with Crippen LogP contribution in [0.25, 0.3) is 0 Å². The van der Waals surface area contributed by atoms with Gasteiger partial charge >= 0.3 is 6.18 Å². The van der Waals surface area contributed by atoms with Gasteiger partial charge in [-0.2, -0.15) is 13.2 Å². The normalized spacial score (nSPS) is 19.4. The van der Waals surface area contributed by atoms with Gasteiger partial charge < -0.3 is 14.7 Å². The maximum Gasteiger partial charge on any atom is 0.417 e. The lowest BCUT2D eigenvalue weighted by Crippen LogP contribution is -2.43. The SMILES string of the molecule is COCCN1CCC(O)(c2ccc(Cl)c(C(F)(F)F)c2)CC1. The molecule has 0 radical (unpaired) electrons. The van der Waals surface area contributed by atoms with Crippen LogP contribution in [0, 0.1) is 0 Å². The van der Waals surface area contributed by atoms with Gasteiger partial charge in [0, 0.05) is 26.7 Å². The summed E-state index contributed by atoms with van der Waals surface area (Å²) in [6.07, 6.45) is -3.76. The van der Waals surface area contributed by atoms with Crippen LogP contribution in [-0.2, 0) is 16.5 Å². The fourth-order valence-corrected chi connectivity index (χ4v) is 2.91. The fraction of sp³-hybridized carbons (Fsp3) is 0.600. The van der Waals surface area contributed by atoms with Crippen molar-refractivity contribution >= 4 is 11.6 Å². The fourth-order valence-electron chi connectivity index (χ4n) is 2.69. The van der Waals surface area contributed by atoms with E-state index >= 15 is 0 Å². The molecule has 1 saturated heterocycles. The Labute approximate surface area is 132 Å². The molecule has 0 aromatic heterocycles. The molecule has 0 unspecified atom stereocenters. The van der Waals surface area contributed by atoms with Gasteiger partial charge in [0.15, 0.2) is 0 Å². The first kappa shape index (κ1) is 17.5. The quantitative estimate of drug-likeness (QED) is 0.915. The Bertz CT molecular complexity index is 514. The molecule has 2 rings (SSSR count). The number of alkyl halides is 3. The molecule has 0 amide bonds. The summed E-state index contributed by atoms with van der Waals surface area (Å²) in [6.45, 7) is 2.58. The highest BCUT2D eigenvalue weighted by molar-refractivity contribution is 6.31. The van der Waals surface area contributed by atoms with Gasteiger partial charge in [-0.1, -0.05) is 17.7 Å². The molecule has 22 heavy (non-hydrogen) atoms. The van der Waals surface area contributed by atoms with Gasteiger partial charge in [-0.15, -0.1) is 0 Å². The molecule has 1 aliphatic heterocycles. The van der Waals surface area contributed by atoms with Crippen LogP contribution < -0.4 is 0 Å². The van der Waals surface area contributed by atoms with E-state index in [1.165, 1.54) is 12.1 Å². The second-order valence-electron chi connectivity index (χ2n) is 5.56. The van der Waals surface area contributed by atoms with Gasteiger partial charge in [0.1, 0.15) is 0 Å². The number of likely N-dealkylation sites (tertiary alicyclic amines) is 1. The zero-order chi connectivity index (χ0) is 16.4. The lowest BCUT2D eigenvalue weighted by molar-refractivity contribution is -0.137. The number of halogens is 4. The zero-order valence-electron chi connectivity index (χ0n) is 12.3. The smallest absolute Gasteiger partial charge is 0.385 e. The number of aliphatic hydroxyl groups is 1. The van der Waals surface area contributed by atoms with Crippen molar-refractivity contribution in [1.82, 2.24) is 4.90 Å².